The monoisotopic (exact) mass is 441 g/mol. The van der Waals surface area contributed by atoms with Crippen molar-refractivity contribution in [3.05, 3.63) is 54.5 Å². The average molecular weight is 442 g/mol. The van der Waals surface area contributed by atoms with Crippen LogP contribution < -0.4 is 5.32 Å². The summed E-state index contributed by atoms with van der Waals surface area (Å²) in [6.45, 7) is 0. The van der Waals surface area contributed by atoms with Crippen LogP contribution in [-0.2, 0) is 0 Å². The number of phenolic OH excluding ortho intramolecular Hbond substituents is 1. The van der Waals surface area contributed by atoms with Gasteiger partial charge in [0.2, 0.25) is 0 Å². The smallest absolute Gasteiger partial charge is 0.255 e. The molecule has 0 aliphatic carbocycles. The highest BCUT2D eigenvalue weighted by Gasteiger charge is 2.13. The molecule has 7 heteroatoms. The number of hydrogen-bond acceptors (Lipinski definition) is 2. The Morgan fingerprint density at radius 1 is 1.10 bits per heavy atom. The molecule has 0 radical (unpaired) electrons. The molecule has 0 unspecified atom stereocenters. The number of aromatic hydroxyl groups is 1. The van der Waals surface area contributed by atoms with Crippen LogP contribution in [0.25, 0.3) is 0 Å². The zero-order valence-electron chi connectivity index (χ0n) is 9.75. The first-order chi connectivity index (χ1) is 9.38. The molecule has 3 nitrogen and oxygen atoms in total. The molecule has 0 aliphatic heterocycles. The Balaban J connectivity index is 2.30. The number of rotatable bonds is 2. The Labute approximate surface area is 144 Å². The van der Waals surface area contributed by atoms with Crippen molar-refractivity contribution in [3.8, 4) is 5.75 Å². The molecule has 2 N–H and O–H groups in total. The summed E-state index contributed by atoms with van der Waals surface area (Å²) in [6, 6.07) is 7.56. The van der Waals surface area contributed by atoms with Crippen molar-refractivity contribution in [2.75, 3.05) is 5.32 Å². The van der Waals surface area contributed by atoms with Crippen molar-refractivity contribution in [3.63, 3.8) is 0 Å². The summed E-state index contributed by atoms with van der Waals surface area (Å²) in [4.78, 5) is 12.1. The molecule has 1 amide bonds. The summed E-state index contributed by atoms with van der Waals surface area (Å²) < 4.78 is 0.654. The number of benzene rings is 2. The second-order valence-electron chi connectivity index (χ2n) is 3.86. The van der Waals surface area contributed by atoms with E-state index in [0.29, 0.717) is 14.2 Å². The predicted molar refractivity (Wildman–Crippen MR) is 90.2 cm³/mol. The third-order valence-electron chi connectivity index (χ3n) is 2.45. The molecule has 0 spiro atoms. The van der Waals surface area contributed by atoms with Crippen molar-refractivity contribution in [1.29, 1.82) is 0 Å². The fourth-order valence-electron chi connectivity index (χ4n) is 1.50. The Kier molecular flexibility index (Phi) is 5.01. The van der Waals surface area contributed by atoms with Crippen LogP contribution in [-0.4, -0.2) is 11.0 Å². The van der Waals surface area contributed by atoms with Crippen molar-refractivity contribution in [2.24, 2.45) is 0 Å². The number of amides is 1. The lowest BCUT2D eigenvalue weighted by molar-refractivity contribution is 0.102. The van der Waals surface area contributed by atoms with Crippen LogP contribution in [0.4, 0.5) is 5.69 Å². The van der Waals surface area contributed by atoms with E-state index in [4.69, 9.17) is 34.8 Å². The minimum Gasteiger partial charge on any atom is -0.507 e. The van der Waals surface area contributed by atoms with E-state index < -0.39 is 5.91 Å². The number of phenols is 1. The van der Waals surface area contributed by atoms with Crippen LogP contribution >= 0.6 is 57.4 Å². The van der Waals surface area contributed by atoms with E-state index in [0.717, 1.165) is 0 Å². The average Bonchev–Trinajstić information content (AvgIpc) is 2.36. The number of hydrogen-bond donors (Lipinski definition) is 2. The molecule has 0 fully saturated rings. The SMILES string of the molecule is O=C(Nc1c(Cl)cc(Cl)cc1Cl)c1ccc(I)c(O)c1. The number of anilines is 1. The van der Waals surface area contributed by atoms with Gasteiger partial charge < -0.3 is 10.4 Å². The van der Waals surface area contributed by atoms with Crippen LogP contribution in [0.2, 0.25) is 15.1 Å². The summed E-state index contributed by atoms with van der Waals surface area (Å²) in [5.41, 5.74) is 0.575. The maximum atomic E-state index is 12.1. The van der Waals surface area contributed by atoms with E-state index in [1.807, 2.05) is 22.6 Å². The zero-order valence-corrected chi connectivity index (χ0v) is 14.2. The molecule has 0 saturated heterocycles. The van der Waals surface area contributed by atoms with Gasteiger partial charge in [-0.3, -0.25) is 4.79 Å². The molecular weight excluding hydrogens is 435 g/mol. The summed E-state index contributed by atoms with van der Waals surface area (Å²) in [5, 5.41) is 13.1. The Morgan fingerprint density at radius 3 is 2.25 bits per heavy atom. The van der Waals surface area contributed by atoms with E-state index in [-0.39, 0.29) is 21.5 Å². The molecule has 2 aromatic carbocycles. The molecule has 20 heavy (non-hydrogen) atoms. The van der Waals surface area contributed by atoms with E-state index in [1.54, 1.807) is 12.1 Å². The molecule has 2 aromatic rings. The van der Waals surface area contributed by atoms with Gasteiger partial charge in [-0.2, -0.15) is 0 Å². The highest BCUT2D eigenvalue weighted by molar-refractivity contribution is 14.1. The van der Waals surface area contributed by atoms with Crippen LogP contribution in [0.3, 0.4) is 0 Å². The van der Waals surface area contributed by atoms with Crippen molar-refractivity contribution < 1.29 is 9.90 Å². The fraction of sp³-hybridized carbons (Fsp3) is 0. The molecule has 2 rings (SSSR count). The van der Waals surface area contributed by atoms with Crippen molar-refractivity contribution in [2.45, 2.75) is 0 Å². The van der Waals surface area contributed by atoms with Crippen molar-refractivity contribution >= 4 is 69.0 Å². The zero-order chi connectivity index (χ0) is 14.9. The maximum Gasteiger partial charge on any atom is 0.255 e. The third-order valence-corrected chi connectivity index (χ3v) is 4.18. The Hall–Kier alpha value is -0.690. The lowest BCUT2D eigenvalue weighted by Gasteiger charge is -2.10. The standard InChI is InChI=1S/C13H7Cl3INO2/c14-7-4-8(15)12(9(16)5-7)18-13(20)6-1-2-10(17)11(19)3-6/h1-5,19H,(H,18,20). The summed E-state index contributed by atoms with van der Waals surface area (Å²) >= 11 is 19.7. The van der Waals surface area contributed by atoms with E-state index in [2.05, 4.69) is 5.32 Å². The molecule has 0 aromatic heterocycles. The lowest BCUT2D eigenvalue weighted by Crippen LogP contribution is -2.12. The van der Waals surface area contributed by atoms with Crippen LogP contribution in [0.1, 0.15) is 10.4 Å². The minimum absolute atomic E-state index is 0.0338. The molecule has 0 saturated carbocycles. The van der Waals surface area contributed by atoms with Gasteiger partial charge in [-0.1, -0.05) is 34.8 Å². The van der Waals surface area contributed by atoms with Gasteiger partial charge in [0.05, 0.1) is 19.3 Å². The van der Waals surface area contributed by atoms with Crippen LogP contribution in [0, 0.1) is 3.57 Å². The van der Waals surface area contributed by atoms with Gasteiger partial charge in [-0.25, -0.2) is 0 Å². The van der Waals surface area contributed by atoms with Gasteiger partial charge in [-0.05, 0) is 52.9 Å². The van der Waals surface area contributed by atoms with Gasteiger partial charge >= 0.3 is 0 Å². The molecule has 104 valence electrons. The first-order valence-electron chi connectivity index (χ1n) is 5.33. The highest BCUT2D eigenvalue weighted by Crippen LogP contribution is 2.34. The van der Waals surface area contributed by atoms with Crippen LogP contribution in [0.15, 0.2) is 30.3 Å². The lowest BCUT2D eigenvalue weighted by atomic mass is 10.2. The highest BCUT2D eigenvalue weighted by atomic mass is 127. The number of nitrogens with one attached hydrogen (secondary N) is 1. The first-order valence-corrected chi connectivity index (χ1v) is 7.54. The first kappa shape index (κ1) is 15.7. The second-order valence-corrected chi connectivity index (χ2v) is 6.28. The normalized spacial score (nSPS) is 10.4. The summed E-state index contributed by atoms with van der Waals surface area (Å²) in [7, 11) is 0. The van der Waals surface area contributed by atoms with Gasteiger partial charge in [0.1, 0.15) is 5.75 Å². The number of halogens is 4. The van der Waals surface area contributed by atoms with E-state index in [9.17, 15) is 9.90 Å². The van der Waals surface area contributed by atoms with E-state index in [1.165, 1.54) is 18.2 Å². The predicted octanol–water partition coefficient (Wildman–Crippen LogP) is 5.21. The van der Waals surface area contributed by atoms with Crippen molar-refractivity contribution in [1.82, 2.24) is 0 Å². The summed E-state index contributed by atoms with van der Waals surface area (Å²) in [6.07, 6.45) is 0. The largest absolute Gasteiger partial charge is 0.507 e. The van der Waals surface area contributed by atoms with Crippen LogP contribution in [0.5, 0.6) is 5.75 Å². The third kappa shape index (κ3) is 3.49. The minimum atomic E-state index is -0.428. The molecule has 0 atom stereocenters. The second kappa shape index (κ2) is 6.39. The maximum absolute atomic E-state index is 12.1. The number of carbonyl (C=O) groups is 1. The molecule has 0 heterocycles. The quantitative estimate of drug-likeness (QED) is 0.628. The Bertz CT molecular complexity index is 668. The topological polar surface area (TPSA) is 49.3 Å². The fourth-order valence-corrected chi connectivity index (χ4v) is 2.75. The van der Waals surface area contributed by atoms with Gasteiger partial charge in [0.15, 0.2) is 0 Å². The summed E-state index contributed by atoms with van der Waals surface area (Å²) in [5.74, 6) is -0.394. The molecule has 0 aliphatic rings. The van der Waals surface area contributed by atoms with E-state index >= 15 is 0 Å². The van der Waals surface area contributed by atoms with Gasteiger partial charge in [-0.15, -0.1) is 0 Å². The van der Waals surface area contributed by atoms with Gasteiger partial charge in [0, 0.05) is 10.6 Å². The molecular formula is C13H7Cl3INO2. The number of carbonyl (C=O) groups excluding carboxylic acids is 1. The van der Waals surface area contributed by atoms with Gasteiger partial charge in [0.25, 0.3) is 5.91 Å². The molecule has 0 bridgehead atoms. The Morgan fingerprint density at radius 2 is 1.70 bits per heavy atom.